The van der Waals surface area contributed by atoms with Crippen molar-refractivity contribution in [1.82, 2.24) is 0 Å². The Morgan fingerprint density at radius 2 is 1.67 bits per heavy atom. The van der Waals surface area contributed by atoms with Gasteiger partial charge in [0.25, 0.3) is 0 Å². The smallest absolute Gasteiger partial charge is 0.134 e. The summed E-state index contributed by atoms with van der Waals surface area (Å²) in [5, 5.41) is 1.22. The lowest BCUT2D eigenvalue weighted by atomic mass is 10.0. The molecule has 0 radical (unpaired) electrons. The number of hydrogen-bond acceptors (Lipinski definition) is 2. The molecule has 0 saturated carbocycles. The molecule has 126 valence electrons. The van der Waals surface area contributed by atoms with Crippen LogP contribution in [0.5, 0.6) is 0 Å². The number of nitrogens with two attached hydrogens (primary N) is 1. The van der Waals surface area contributed by atoms with Crippen molar-refractivity contribution in [2.24, 2.45) is 5.73 Å². The summed E-state index contributed by atoms with van der Waals surface area (Å²) in [7, 11) is 0. The first kappa shape index (κ1) is 16.7. The SMILES string of the molecule is NCCCc1cccc2oc(CCCCc3ccc(F)cc3)cc12. The van der Waals surface area contributed by atoms with Crippen LogP contribution in [0, 0.1) is 5.82 Å². The number of fused-ring (bicyclic) bond motifs is 1. The number of benzene rings is 2. The molecule has 24 heavy (non-hydrogen) atoms. The Labute approximate surface area is 142 Å². The van der Waals surface area contributed by atoms with Gasteiger partial charge in [0.2, 0.25) is 0 Å². The van der Waals surface area contributed by atoms with Crippen LogP contribution in [0.4, 0.5) is 4.39 Å². The zero-order chi connectivity index (χ0) is 16.8. The highest BCUT2D eigenvalue weighted by Gasteiger charge is 2.07. The van der Waals surface area contributed by atoms with E-state index in [1.54, 1.807) is 0 Å². The lowest BCUT2D eigenvalue weighted by Gasteiger charge is -2.00. The van der Waals surface area contributed by atoms with Gasteiger partial charge in [0.1, 0.15) is 17.2 Å². The van der Waals surface area contributed by atoms with Crippen LogP contribution in [0.2, 0.25) is 0 Å². The van der Waals surface area contributed by atoms with Crippen molar-refractivity contribution in [3.63, 3.8) is 0 Å². The summed E-state index contributed by atoms with van der Waals surface area (Å²) in [5.74, 6) is 0.871. The van der Waals surface area contributed by atoms with E-state index >= 15 is 0 Å². The first-order valence-corrected chi connectivity index (χ1v) is 8.71. The van der Waals surface area contributed by atoms with Gasteiger partial charge in [0.05, 0.1) is 0 Å². The molecule has 0 amide bonds. The van der Waals surface area contributed by atoms with Crippen LogP contribution in [0.1, 0.15) is 36.1 Å². The van der Waals surface area contributed by atoms with E-state index in [1.807, 2.05) is 18.2 Å². The van der Waals surface area contributed by atoms with Gasteiger partial charge in [0.15, 0.2) is 0 Å². The van der Waals surface area contributed by atoms with Crippen molar-refractivity contribution in [2.75, 3.05) is 6.54 Å². The van der Waals surface area contributed by atoms with E-state index in [4.69, 9.17) is 10.2 Å². The van der Waals surface area contributed by atoms with E-state index in [2.05, 4.69) is 18.2 Å². The molecule has 0 aliphatic rings. The maximum Gasteiger partial charge on any atom is 0.134 e. The summed E-state index contributed by atoms with van der Waals surface area (Å²) in [6.45, 7) is 0.713. The Bertz CT molecular complexity index is 776. The Balaban J connectivity index is 1.56. The minimum absolute atomic E-state index is 0.175. The number of rotatable bonds is 8. The highest BCUT2D eigenvalue weighted by atomic mass is 19.1. The number of unbranched alkanes of at least 4 members (excludes halogenated alkanes) is 1. The largest absolute Gasteiger partial charge is 0.461 e. The summed E-state index contributed by atoms with van der Waals surface area (Å²) in [6, 6.07) is 15.2. The molecular weight excluding hydrogens is 301 g/mol. The number of hydrogen-bond donors (Lipinski definition) is 1. The second-order valence-electron chi connectivity index (χ2n) is 6.27. The third-order valence-corrected chi connectivity index (χ3v) is 4.40. The van der Waals surface area contributed by atoms with Gasteiger partial charge in [-0.1, -0.05) is 24.3 Å². The zero-order valence-electron chi connectivity index (χ0n) is 13.9. The fourth-order valence-electron chi connectivity index (χ4n) is 3.09. The summed E-state index contributed by atoms with van der Waals surface area (Å²) in [6.07, 6.45) is 6.04. The highest BCUT2D eigenvalue weighted by molar-refractivity contribution is 5.81. The van der Waals surface area contributed by atoms with Gasteiger partial charge >= 0.3 is 0 Å². The van der Waals surface area contributed by atoms with Crippen LogP contribution in [-0.2, 0) is 19.3 Å². The summed E-state index contributed by atoms with van der Waals surface area (Å²) < 4.78 is 18.9. The zero-order valence-corrected chi connectivity index (χ0v) is 13.9. The molecule has 0 spiro atoms. The molecule has 1 heterocycles. The number of aryl methyl sites for hydroxylation is 3. The maximum atomic E-state index is 12.9. The van der Waals surface area contributed by atoms with Crippen LogP contribution in [0.25, 0.3) is 11.0 Å². The Morgan fingerprint density at radius 3 is 2.46 bits per heavy atom. The molecule has 3 heteroatoms. The highest BCUT2D eigenvalue weighted by Crippen LogP contribution is 2.25. The minimum atomic E-state index is -0.175. The monoisotopic (exact) mass is 325 g/mol. The van der Waals surface area contributed by atoms with E-state index < -0.39 is 0 Å². The maximum absolute atomic E-state index is 12.9. The van der Waals surface area contributed by atoms with Crippen LogP contribution >= 0.6 is 0 Å². The fourth-order valence-corrected chi connectivity index (χ4v) is 3.09. The van der Waals surface area contributed by atoms with E-state index in [9.17, 15) is 4.39 Å². The third-order valence-electron chi connectivity index (χ3n) is 4.40. The Kier molecular flexibility index (Phi) is 5.65. The van der Waals surface area contributed by atoms with Crippen molar-refractivity contribution in [2.45, 2.75) is 38.5 Å². The molecule has 2 nitrogen and oxygen atoms in total. The van der Waals surface area contributed by atoms with E-state index in [-0.39, 0.29) is 5.82 Å². The minimum Gasteiger partial charge on any atom is -0.461 e. The molecule has 2 aromatic carbocycles. The van der Waals surface area contributed by atoms with Crippen LogP contribution in [0.3, 0.4) is 0 Å². The van der Waals surface area contributed by atoms with Crippen molar-refractivity contribution >= 4 is 11.0 Å². The molecule has 0 atom stereocenters. The second-order valence-corrected chi connectivity index (χ2v) is 6.27. The van der Waals surface area contributed by atoms with Crippen molar-refractivity contribution < 1.29 is 8.81 Å². The van der Waals surface area contributed by atoms with Crippen LogP contribution in [-0.4, -0.2) is 6.54 Å². The summed E-state index contributed by atoms with van der Waals surface area (Å²) >= 11 is 0. The van der Waals surface area contributed by atoms with Gasteiger partial charge in [-0.15, -0.1) is 0 Å². The van der Waals surface area contributed by atoms with Gasteiger partial charge in [-0.2, -0.15) is 0 Å². The standard InChI is InChI=1S/C21H24FNO/c22-18-12-10-16(11-13-18)5-1-2-8-19-15-20-17(7-4-14-23)6-3-9-21(20)24-19/h3,6,9-13,15H,1-2,4-5,7-8,14,23H2. The van der Waals surface area contributed by atoms with E-state index in [1.165, 1.54) is 28.6 Å². The first-order valence-electron chi connectivity index (χ1n) is 8.71. The average molecular weight is 325 g/mol. The van der Waals surface area contributed by atoms with E-state index in [0.29, 0.717) is 6.54 Å². The quantitative estimate of drug-likeness (QED) is 0.590. The lowest BCUT2D eigenvalue weighted by molar-refractivity contribution is 0.532. The predicted octanol–water partition coefficient (Wildman–Crippen LogP) is 5.03. The molecular formula is C21H24FNO. The van der Waals surface area contributed by atoms with Gasteiger partial charge in [-0.25, -0.2) is 4.39 Å². The summed E-state index contributed by atoms with van der Waals surface area (Å²) in [5.41, 5.74) is 9.09. The van der Waals surface area contributed by atoms with Gasteiger partial charge in [-0.3, -0.25) is 0 Å². The van der Waals surface area contributed by atoms with Gasteiger partial charge < -0.3 is 10.2 Å². The average Bonchev–Trinajstić information content (AvgIpc) is 3.02. The van der Waals surface area contributed by atoms with Crippen molar-refractivity contribution in [3.8, 4) is 0 Å². The number of furan rings is 1. The predicted molar refractivity (Wildman–Crippen MR) is 96.6 cm³/mol. The van der Waals surface area contributed by atoms with Crippen LogP contribution in [0.15, 0.2) is 52.9 Å². The molecule has 0 unspecified atom stereocenters. The van der Waals surface area contributed by atoms with Crippen LogP contribution < -0.4 is 5.73 Å². The molecule has 0 aliphatic carbocycles. The molecule has 2 N–H and O–H groups in total. The van der Waals surface area contributed by atoms with Crippen molar-refractivity contribution in [1.29, 1.82) is 0 Å². The second kappa shape index (κ2) is 8.11. The van der Waals surface area contributed by atoms with Gasteiger partial charge in [-0.05, 0) is 74.0 Å². The molecule has 3 rings (SSSR count). The Hall–Kier alpha value is -2.13. The molecule has 0 saturated heterocycles. The molecule has 3 aromatic rings. The normalized spacial score (nSPS) is 11.2. The fraction of sp³-hybridized carbons (Fsp3) is 0.333. The molecule has 1 aromatic heterocycles. The molecule has 0 aliphatic heterocycles. The lowest BCUT2D eigenvalue weighted by Crippen LogP contribution is -2.00. The Morgan fingerprint density at radius 1 is 0.875 bits per heavy atom. The summed E-state index contributed by atoms with van der Waals surface area (Å²) in [4.78, 5) is 0. The van der Waals surface area contributed by atoms with Crippen molar-refractivity contribution in [3.05, 3.63) is 71.2 Å². The number of halogens is 1. The van der Waals surface area contributed by atoms with Gasteiger partial charge in [0, 0.05) is 11.8 Å². The topological polar surface area (TPSA) is 39.2 Å². The molecule has 0 fully saturated rings. The third kappa shape index (κ3) is 4.24. The molecule has 0 bridgehead atoms. The van der Waals surface area contributed by atoms with E-state index in [0.717, 1.165) is 49.9 Å². The first-order chi connectivity index (χ1) is 11.8.